The molecule has 0 bridgehead atoms. The Bertz CT molecular complexity index is 1690. The van der Waals surface area contributed by atoms with E-state index in [1.807, 2.05) is 0 Å². The van der Waals surface area contributed by atoms with Gasteiger partial charge < -0.3 is 9.80 Å². The first-order chi connectivity index (χ1) is 20.5. The molecular weight excluding hydrogens is 508 g/mol. The summed E-state index contributed by atoms with van der Waals surface area (Å²) < 4.78 is 0. The van der Waals surface area contributed by atoms with E-state index in [1.165, 1.54) is 33.4 Å². The first kappa shape index (κ1) is 27.1. The fourth-order valence-corrected chi connectivity index (χ4v) is 5.76. The van der Waals surface area contributed by atoms with Crippen molar-refractivity contribution in [1.29, 1.82) is 0 Å². The highest BCUT2D eigenvalue weighted by molar-refractivity contribution is 5.83. The van der Waals surface area contributed by atoms with Crippen molar-refractivity contribution in [1.82, 2.24) is 0 Å². The van der Waals surface area contributed by atoms with Crippen LogP contribution < -0.4 is 9.80 Å². The molecule has 42 heavy (non-hydrogen) atoms. The van der Waals surface area contributed by atoms with E-state index < -0.39 is 0 Å². The minimum atomic E-state index is 1.15. The molecule has 206 valence electrons. The van der Waals surface area contributed by atoms with Crippen LogP contribution in [0.25, 0.3) is 11.1 Å². The zero-order valence-corrected chi connectivity index (χ0v) is 24.8. The monoisotopic (exact) mass is 544 g/mol. The number of aryl methyl sites for hydroxylation is 4. The standard InChI is InChI=1S/C40H36N2/c1-29-13-11-19-35(25-29)41(33-15-7-5-8-16-33)37-21-23-39(31(3)27-37)40-24-22-38(28-32(40)4)42(34-17-9-6-10-18-34)36-20-12-14-30(2)26-36/h5-28H,1-4H3. The number of nitrogens with zero attached hydrogens (tertiary/aromatic N) is 2. The molecule has 0 aliphatic heterocycles. The lowest BCUT2D eigenvalue weighted by molar-refractivity contribution is 1.25. The van der Waals surface area contributed by atoms with Gasteiger partial charge in [-0.3, -0.25) is 0 Å². The van der Waals surface area contributed by atoms with E-state index in [0.717, 1.165) is 34.1 Å². The van der Waals surface area contributed by atoms with Gasteiger partial charge in [0.25, 0.3) is 0 Å². The minimum Gasteiger partial charge on any atom is -0.310 e. The minimum absolute atomic E-state index is 1.15. The molecule has 0 atom stereocenters. The Morgan fingerprint density at radius 2 is 0.667 bits per heavy atom. The first-order valence-electron chi connectivity index (χ1n) is 14.5. The van der Waals surface area contributed by atoms with Crippen LogP contribution >= 0.6 is 0 Å². The molecule has 0 saturated carbocycles. The van der Waals surface area contributed by atoms with Crippen LogP contribution in [0.2, 0.25) is 0 Å². The Kier molecular flexibility index (Phi) is 7.62. The average Bonchev–Trinajstić information content (AvgIpc) is 2.99. The summed E-state index contributed by atoms with van der Waals surface area (Å²) in [5, 5.41) is 0. The summed E-state index contributed by atoms with van der Waals surface area (Å²) in [6.45, 7) is 8.72. The predicted octanol–water partition coefficient (Wildman–Crippen LogP) is 11.5. The molecule has 0 saturated heterocycles. The number of para-hydroxylation sites is 2. The third kappa shape index (κ3) is 5.57. The molecule has 6 aromatic carbocycles. The van der Waals surface area contributed by atoms with Gasteiger partial charge in [-0.2, -0.15) is 0 Å². The summed E-state index contributed by atoms with van der Waals surface area (Å²) in [6, 6.07) is 52.2. The number of benzene rings is 6. The second-order valence-electron chi connectivity index (χ2n) is 11.0. The highest BCUT2D eigenvalue weighted by atomic mass is 15.1. The largest absolute Gasteiger partial charge is 0.310 e. The lowest BCUT2D eigenvalue weighted by Gasteiger charge is -2.27. The molecule has 0 aliphatic rings. The first-order valence-corrected chi connectivity index (χ1v) is 14.5. The molecular formula is C40H36N2. The summed E-state index contributed by atoms with van der Waals surface area (Å²) in [4.78, 5) is 4.67. The van der Waals surface area contributed by atoms with Crippen LogP contribution in [-0.4, -0.2) is 0 Å². The lowest BCUT2D eigenvalue weighted by atomic mass is 9.95. The summed E-state index contributed by atoms with van der Waals surface area (Å²) >= 11 is 0. The molecule has 0 fully saturated rings. The fraction of sp³-hybridized carbons (Fsp3) is 0.100. The average molecular weight is 545 g/mol. The van der Waals surface area contributed by atoms with Gasteiger partial charge in [-0.05, 0) is 134 Å². The van der Waals surface area contributed by atoms with Crippen LogP contribution in [0, 0.1) is 27.7 Å². The topological polar surface area (TPSA) is 6.48 Å². The van der Waals surface area contributed by atoms with Gasteiger partial charge in [0.15, 0.2) is 0 Å². The van der Waals surface area contributed by atoms with Crippen molar-refractivity contribution in [2.75, 3.05) is 9.80 Å². The summed E-state index contributed by atoms with van der Waals surface area (Å²) in [7, 11) is 0. The zero-order chi connectivity index (χ0) is 29.1. The molecule has 6 rings (SSSR count). The van der Waals surface area contributed by atoms with Crippen molar-refractivity contribution >= 4 is 34.1 Å². The van der Waals surface area contributed by atoms with Crippen molar-refractivity contribution in [3.8, 4) is 11.1 Å². The fourth-order valence-electron chi connectivity index (χ4n) is 5.76. The van der Waals surface area contributed by atoms with Gasteiger partial charge in [0.2, 0.25) is 0 Å². The molecule has 0 amide bonds. The Morgan fingerprint density at radius 1 is 0.310 bits per heavy atom. The highest BCUT2D eigenvalue weighted by Crippen LogP contribution is 2.40. The maximum absolute atomic E-state index is 2.33. The van der Waals surface area contributed by atoms with Crippen LogP contribution in [-0.2, 0) is 0 Å². The van der Waals surface area contributed by atoms with Gasteiger partial charge in [-0.15, -0.1) is 0 Å². The molecule has 0 radical (unpaired) electrons. The van der Waals surface area contributed by atoms with E-state index in [0.29, 0.717) is 0 Å². The maximum Gasteiger partial charge on any atom is 0.0464 e. The maximum atomic E-state index is 2.33. The van der Waals surface area contributed by atoms with Crippen LogP contribution in [0.5, 0.6) is 0 Å². The quantitative estimate of drug-likeness (QED) is 0.197. The van der Waals surface area contributed by atoms with E-state index in [-0.39, 0.29) is 0 Å². The third-order valence-electron chi connectivity index (χ3n) is 7.78. The number of hydrogen-bond donors (Lipinski definition) is 0. The molecule has 0 aliphatic carbocycles. The highest BCUT2D eigenvalue weighted by Gasteiger charge is 2.17. The molecule has 0 N–H and O–H groups in total. The van der Waals surface area contributed by atoms with Crippen molar-refractivity contribution < 1.29 is 0 Å². The molecule has 2 heteroatoms. The van der Waals surface area contributed by atoms with Crippen LogP contribution in [0.15, 0.2) is 146 Å². The van der Waals surface area contributed by atoms with Gasteiger partial charge >= 0.3 is 0 Å². The normalized spacial score (nSPS) is 10.9. The Morgan fingerprint density at radius 3 is 1.02 bits per heavy atom. The van der Waals surface area contributed by atoms with Crippen LogP contribution in [0.4, 0.5) is 34.1 Å². The number of anilines is 6. The second-order valence-corrected chi connectivity index (χ2v) is 11.0. The van der Waals surface area contributed by atoms with Crippen LogP contribution in [0.3, 0.4) is 0 Å². The Hall–Kier alpha value is -5.08. The molecule has 2 nitrogen and oxygen atoms in total. The van der Waals surface area contributed by atoms with Gasteiger partial charge in [0.05, 0.1) is 0 Å². The van der Waals surface area contributed by atoms with E-state index in [1.54, 1.807) is 0 Å². The Labute approximate surface area is 250 Å². The van der Waals surface area contributed by atoms with Crippen molar-refractivity contribution in [2.45, 2.75) is 27.7 Å². The molecule has 0 unspecified atom stereocenters. The molecule has 6 aromatic rings. The third-order valence-corrected chi connectivity index (χ3v) is 7.78. The lowest BCUT2D eigenvalue weighted by Crippen LogP contribution is -2.11. The smallest absolute Gasteiger partial charge is 0.0464 e. The molecule has 0 spiro atoms. The van der Waals surface area contributed by atoms with Gasteiger partial charge in [0.1, 0.15) is 0 Å². The Balaban J connectivity index is 1.39. The molecule has 0 heterocycles. The van der Waals surface area contributed by atoms with Gasteiger partial charge in [-0.25, -0.2) is 0 Å². The summed E-state index contributed by atoms with van der Waals surface area (Å²) in [5.74, 6) is 0. The number of rotatable bonds is 7. The van der Waals surface area contributed by atoms with Crippen molar-refractivity contribution in [2.24, 2.45) is 0 Å². The summed E-state index contributed by atoms with van der Waals surface area (Å²) in [5.41, 5.74) is 14.4. The zero-order valence-electron chi connectivity index (χ0n) is 24.8. The van der Waals surface area contributed by atoms with E-state index in [9.17, 15) is 0 Å². The SMILES string of the molecule is Cc1cccc(N(c2ccccc2)c2ccc(-c3ccc(N(c4ccccc4)c4cccc(C)c4)cc3C)c(C)c2)c1. The summed E-state index contributed by atoms with van der Waals surface area (Å²) in [6.07, 6.45) is 0. The van der Waals surface area contributed by atoms with E-state index in [4.69, 9.17) is 0 Å². The molecule has 0 aromatic heterocycles. The van der Waals surface area contributed by atoms with Gasteiger partial charge in [-0.1, -0.05) is 72.8 Å². The van der Waals surface area contributed by atoms with E-state index in [2.05, 4.69) is 183 Å². The van der Waals surface area contributed by atoms with Gasteiger partial charge in [0, 0.05) is 34.1 Å². The predicted molar refractivity (Wildman–Crippen MR) is 180 cm³/mol. The van der Waals surface area contributed by atoms with E-state index >= 15 is 0 Å². The van der Waals surface area contributed by atoms with Crippen molar-refractivity contribution in [3.05, 3.63) is 168 Å². The number of hydrogen-bond acceptors (Lipinski definition) is 2. The second kappa shape index (κ2) is 11.8. The van der Waals surface area contributed by atoms with Crippen LogP contribution in [0.1, 0.15) is 22.3 Å². The van der Waals surface area contributed by atoms with Crippen molar-refractivity contribution in [3.63, 3.8) is 0 Å².